The molecule has 2 rings (SSSR count). The first-order valence-corrected chi connectivity index (χ1v) is 7.81. The van der Waals surface area contributed by atoms with Gasteiger partial charge in [-0.1, -0.05) is 35.2 Å². The van der Waals surface area contributed by atoms with Crippen LogP contribution >= 0.6 is 15.9 Å². The standard InChI is InChI=1S/C15H19BrN2O3/c1-10-9-11(5-6-12(10)16)17-14(21)18-15(13(19)20)7-3-2-4-8-15/h5-6,9H,2-4,7-8H2,1H3,(H,19,20)(H2,17,18,21). The zero-order valence-corrected chi connectivity index (χ0v) is 13.5. The van der Waals surface area contributed by atoms with Gasteiger partial charge in [0.2, 0.25) is 0 Å². The number of halogens is 1. The Morgan fingerprint density at radius 1 is 1.24 bits per heavy atom. The van der Waals surface area contributed by atoms with E-state index in [1.807, 2.05) is 19.1 Å². The molecule has 0 heterocycles. The minimum atomic E-state index is -1.13. The van der Waals surface area contributed by atoms with E-state index in [0.717, 1.165) is 29.3 Å². The Hall–Kier alpha value is -1.56. The molecule has 0 aromatic heterocycles. The van der Waals surface area contributed by atoms with Gasteiger partial charge < -0.3 is 15.7 Å². The van der Waals surface area contributed by atoms with Gasteiger partial charge in [-0.2, -0.15) is 0 Å². The Labute approximate surface area is 132 Å². The Morgan fingerprint density at radius 3 is 2.48 bits per heavy atom. The average molecular weight is 355 g/mol. The van der Waals surface area contributed by atoms with Gasteiger partial charge in [-0.25, -0.2) is 9.59 Å². The number of hydrogen-bond acceptors (Lipinski definition) is 2. The third-order valence-corrected chi connectivity index (χ3v) is 4.77. The summed E-state index contributed by atoms with van der Waals surface area (Å²) in [6, 6.07) is 4.97. The summed E-state index contributed by atoms with van der Waals surface area (Å²) >= 11 is 3.40. The van der Waals surface area contributed by atoms with Crippen molar-refractivity contribution in [3.05, 3.63) is 28.2 Å². The topological polar surface area (TPSA) is 78.4 Å². The molecule has 1 aliphatic carbocycles. The molecular weight excluding hydrogens is 336 g/mol. The van der Waals surface area contributed by atoms with E-state index < -0.39 is 17.5 Å². The van der Waals surface area contributed by atoms with Crippen LogP contribution in [-0.4, -0.2) is 22.6 Å². The molecule has 114 valence electrons. The summed E-state index contributed by atoms with van der Waals surface area (Å²) in [5, 5.41) is 14.8. The van der Waals surface area contributed by atoms with E-state index in [1.54, 1.807) is 6.07 Å². The molecule has 0 atom stereocenters. The number of benzene rings is 1. The Bertz CT molecular complexity index is 554. The second-order valence-corrected chi connectivity index (χ2v) is 6.35. The zero-order chi connectivity index (χ0) is 15.5. The molecule has 2 amide bonds. The van der Waals surface area contributed by atoms with Crippen molar-refractivity contribution < 1.29 is 14.7 Å². The van der Waals surface area contributed by atoms with Crippen molar-refractivity contribution in [3.8, 4) is 0 Å². The summed E-state index contributed by atoms with van der Waals surface area (Å²) in [7, 11) is 0. The fraction of sp³-hybridized carbons (Fsp3) is 0.467. The molecule has 0 radical (unpaired) electrons. The lowest BCUT2D eigenvalue weighted by atomic mass is 9.82. The summed E-state index contributed by atoms with van der Waals surface area (Å²) in [4.78, 5) is 23.6. The number of anilines is 1. The maximum Gasteiger partial charge on any atom is 0.329 e. The third kappa shape index (κ3) is 3.75. The highest BCUT2D eigenvalue weighted by atomic mass is 79.9. The highest BCUT2D eigenvalue weighted by Gasteiger charge is 2.40. The van der Waals surface area contributed by atoms with Crippen molar-refractivity contribution in [1.82, 2.24) is 5.32 Å². The van der Waals surface area contributed by atoms with Crippen molar-refractivity contribution >= 4 is 33.6 Å². The maximum atomic E-state index is 12.1. The molecule has 1 aromatic carbocycles. The predicted octanol–water partition coefficient (Wildman–Crippen LogP) is 3.67. The lowest BCUT2D eigenvalue weighted by molar-refractivity contribution is -0.145. The first kappa shape index (κ1) is 15.8. The lowest BCUT2D eigenvalue weighted by Gasteiger charge is -2.33. The average Bonchev–Trinajstić information content (AvgIpc) is 2.43. The fourth-order valence-electron chi connectivity index (χ4n) is 2.65. The molecule has 0 bridgehead atoms. The molecule has 1 saturated carbocycles. The molecular formula is C15H19BrN2O3. The Kier molecular flexibility index (Phi) is 4.88. The number of rotatable bonds is 3. The monoisotopic (exact) mass is 354 g/mol. The van der Waals surface area contributed by atoms with E-state index in [4.69, 9.17) is 0 Å². The first-order chi connectivity index (χ1) is 9.93. The number of hydrogen-bond donors (Lipinski definition) is 3. The van der Waals surface area contributed by atoms with Crippen LogP contribution in [0.25, 0.3) is 0 Å². The molecule has 1 aliphatic rings. The minimum Gasteiger partial charge on any atom is -0.480 e. The molecule has 0 saturated heterocycles. The van der Waals surface area contributed by atoms with Crippen molar-refractivity contribution in [2.45, 2.75) is 44.6 Å². The maximum absolute atomic E-state index is 12.1. The lowest BCUT2D eigenvalue weighted by Crippen LogP contribution is -2.56. The smallest absolute Gasteiger partial charge is 0.329 e. The van der Waals surface area contributed by atoms with Crippen molar-refractivity contribution in [2.75, 3.05) is 5.32 Å². The van der Waals surface area contributed by atoms with Gasteiger partial charge in [-0.3, -0.25) is 0 Å². The number of carboxylic acids is 1. The normalized spacial score (nSPS) is 17.0. The van der Waals surface area contributed by atoms with Gasteiger partial charge in [0.1, 0.15) is 5.54 Å². The van der Waals surface area contributed by atoms with E-state index in [9.17, 15) is 14.7 Å². The summed E-state index contributed by atoms with van der Waals surface area (Å²) in [6.45, 7) is 1.92. The fourth-order valence-corrected chi connectivity index (χ4v) is 2.90. The van der Waals surface area contributed by atoms with Crippen LogP contribution < -0.4 is 10.6 Å². The molecule has 0 unspecified atom stereocenters. The van der Waals surface area contributed by atoms with Crippen LogP contribution in [0.2, 0.25) is 0 Å². The molecule has 3 N–H and O–H groups in total. The van der Waals surface area contributed by atoms with Gasteiger partial charge in [-0.05, 0) is 43.5 Å². The third-order valence-electron chi connectivity index (χ3n) is 3.89. The van der Waals surface area contributed by atoms with E-state index in [0.29, 0.717) is 18.5 Å². The van der Waals surface area contributed by atoms with Crippen molar-refractivity contribution in [2.24, 2.45) is 0 Å². The summed E-state index contributed by atoms with van der Waals surface area (Å²) in [6.07, 6.45) is 3.63. The number of carbonyl (C=O) groups excluding carboxylic acids is 1. The number of nitrogens with one attached hydrogen (secondary N) is 2. The quantitative estimate of drug-likeness (QED) is 0.774. The van der Waals surface area contributed by atoms with Crippen LogP contribution in [0.1, 0.15) is 37.7 Å². The Morgan fingerprint density at radius 2 is 1.90 bits per heavy atom. The number of aryl methyl sites for hydroxylation is 1. The second kappa shape index (κ2) is 6.47. The van der Waals surface area contributed by atoms with E-state index in [-0.39, 0.29) is 0 Å². The first-order valence-electron chi connectivity index (χ1n) is 7.02. The van der Waals surface area contributed by atoms with Gasteiger partial charge in [-0.15, -0.1) is 0 Å². The zero-order valence-electron chi connectivity index (χ0n) is 11.9. The van der Waals surface area contributed by atoms with Crippen LogP contribution in [0, 0.1) is 6.92 Å². The number of urea groups is 1. The van der Waals surface area contributed by atoms with Crippen LogP contribution in [0.15, 0.2) is 22.7 Å². The van der Waals surface area contributed by atoms with Gasteiger partial charge >= 0.3 is 12.0 Å². The van der Waals surface area contributed by atoms with Gasteiger partial charge in [0.25, 0.3) is 0 Å². The highest BCUT2D eigenvalue weighted by molar-refractivity contribution is 9.10. The molecule has 6 heteroatoms. The van der Waals surface area contributed by atoms with E-state index in [2.05, 4.69) is 26.6 Å². The molecule has 1 aromatic rings. The number of aliphatic carboxylic acids is 1. The SMILES string of the molecule is Cc1cc(NC(=O)NC2(C(=O)O)CCCCC2)ccc1Br. The molecule has 0 aliphatic heterocycles. The predicted molar refractivity (Wildman–Crippen MR) is 84.5 cm³/mol. The second-order valence-electron chi connectivity index (χ2n) is 5.49. The number of carboxylic acid groups (broad SMARTS) is 1. The Balaban J connectivity index is 2.05. The number of amides is 2. The van der Waals surface area contributed by atoms with Crippen LogP contribution in [-0.2, 0) is 4.79 Å². The molecule has 0 spiro atoms. The van der Waals surface area contributed by atoms with E-state index in [1.165, 1.54) is 0 Å². The van der Waals surface area contributed by atoms with Gasteiger partial charge in [0.15, 0.2) is 0 Å². The van der Waals surface area contributed by atoms with Crippen LogP contribution in [0.3, 0.4) is 0 Å². The highest BCUT2D eigenvalue weighted by Crippen LogP contribution is 2.28. The molecule has 1 fully saturated rings. The summed E-state index contributed by atoms with van der Waals surface area (Å²) in [5.74, 6) is -0.954. The summed E-state index contributed by atoms with van der Waals surface area (Å²) < 4.78 is 0.961. The minimum absolute atomic E-state index is 0.471. The largest absolute Gasteiger partial charge is 0.480 e. The van der Waals surface area contributed by atoms with Crippen molar-refractivity contribution in [1.29, 1.82) is 0 Å². The van der Waals surface area contributed by atoms with Gasteiger partial charge in [0.05, 0.1) is 0 Å². The van der Waals surface area contributed by atoms with E-state index >= 15 is 0 Å². The molecule has 21 heavy (non-hydrogen) atoms. The van der Waals surface area contributed by atoms with Crippen LogP contribution in [0.5, 0.6) is 0 Å². The van der Waals surface area contributed by atoms with Crippen LogP contribution in [0.4, 0.5) is 10.5 Å². The van der Waals surface area contributed by atoms with Crippen molar-refractivity contribution in [3.63, 3.8) is 0 Å². The number of carbonyl (C=O) groups is 2. The molecule has 5 nitrogen and oxygen atoms in total. The summed E-state index contributed by atoms with van der Waals surface area (Å²) in [5.41, 5.74) is 0.509. The van der Waals surface area contributed by atoms with Gasteiger partial charge in [0, 0.05) is 10.2 Å².